The molecule has 0 aromatic heterocycles. The standard InChI is InChI=1S/C12H16FN3O5S/c13-4-8-5-15-6-9(8)7-21-12-10(16(17)18)2-1-3-11(12)22(14,19)20/h1-3,8-9,15H,4-7H2,(H2,14,19,20)/t8-,9+/m1/s1. The fraction of sp³-hybridized carbons (Fsp3) is 0.500. The van der Waals surface area contributed by atoms with Crippen molar-refractivity contribution in [1.29, 1.82) is 0 Å². The zero-order valence-corrected chi connectivity index (χ0v) is 12.4. The first kappa shape index (κ1) is 16.6. The quantitative estimate of drug-likeness (QED) is 0.574. The van der Waals surface area contributed by atoms with Gasteiger partial charge >= 0.3 is 5.69 Å². The average molecular weight is 333 g/mol. The number of hydrogen-bond acceptors (Lipinski definition) is 6. The largest absolute Gasteiger partial charge is 0.486 e. The van der Waals surface area contributed by atoms with Gasteiger partial charge in [0.05, 0.1) is 18.2 Å². The number of sulfonamides is 1. The molecule has 2 rings (SSSR count). The maximum atomic E-state index is 12.8. The zero-order valence-electron chi connectivity index (χ0n) is 11.6. The Hall–Kier alpha value is -1.78. The minimum absolute atomic E-state index is 0.0328. The smallest absolute Gasteiger partial charge is 0.312 e. The third-order valence-corrected chi connectivity index (χ3v) is 4.52. The molecule has 22 heavy (non-hydrogen) atoms. The Bertz CT molecular complexity index is 667. The molecule has 8 nitrogen and oxygen atoms in total. The summed E-state index contributed by atoms with van der Waals surface area (Å²) in [5.41, 5.74) is -0.491. The minimum Gasteiger partial charge on any atom is -0.486 e. The summed E-state index contributed by atoms with van der Waals surface area (Å²) in [4.78, 5) is 9.83. The van der Waals surface area contributed by atoms with E-state index >= 15 is 0 Å². The predicted molar refractivity (Wildman–Crippen MR) is 75.8 cm³/mol. The van der Waals surface area contributed by atoms with Gasteiger partial charge in [0.1, 0.15) is 4.90 Å². The molecule has 1 heterocycles. The number of rotatable bonds is 6. The van der Waals surface area contributed by atoms with Gasteiger partial charge in [-0.3, -0.25) is 14.5 Å². The van der Waals surface area contributed by atoms with Crippen molar-refractivity contribution in [2.75, 3.05) is 26.4 Å². The Morgan fingerprint density at radius 2 is 2.09 bits per heavy atom. The second-order valence-corrected chi connectivity index (χ2v) is 6.58. The summed E-state index contributed by atoms with van der Waals surface area (Å²) in [5.74, 6) is -0.863. The molecular weight excluding hydrogens is 317 g/mol. The van der Waals surface area contributed by atoms with Gasteiger partial charge in [-0.25, -0.2) is 13.6 Å². The van der Waals surface area contributed by atoms with E-state index in [0.717, 1.165) is 12.1 Å². The van der Waals surface area contributed by atoms with E-state index in [1.54, 1.807) is 0 Å². The minimum atomic E-state index is -4.17. The number of nitro benzene ring substituents is 1. The van der Waals surface area contributed by atoms with Gasteiger partial charge in [0.25, 0.3) is 0 Å². The van der Waals surface area contributed by atoms with Crippen molar-refractivity contribution in [2.24, 2.45) is 17.0 Å². The number of nitrogens with zero attached hydrogens (tertiary/aromatic N) is 1. The van der Waals surface area contributed by atoms with E-state index in [4.69, 9.17) is 9.88 Å². The monoisotopic (exact) mass is 333 g/mol. The first-order valence-electron chi connectivity index (χ1n) is 6.54. The summed E-state index contributed by atoms with van der Waals surface area (Å²) in [5, 5.41) is 19.1. The molecule has 1 fully saturated rings. The van der Waals surface area contributed by atoms with E-state index in [0.29, 0.717) is 13.1 Å². The summed E-state index contributed by atoms with van der Waals surface area (Å²) < 4.78 is 41.3. The molecule has 122 valence electrons. The number of benzene rings is 1. The molecule has 2 atom stereocenters. The zero-order chi connectivity index (χ0) is 16.3. The van der Waals surface area contributed by atoms with Crippen LogP contribution in [0.5, 0.6) is 5.75 Å². The number of nitro groups is 1. The summed E-state index contributed by atoms with van der Waals surface area (Å²) >= 11 is 0. The highest BCUT2D eigenvalue weighted by atomic mass is 32.2. The number of nitrogens with one attached hydrogen (secondary N) is 1. The van der Waals surface area contributed by atoms with Gasteiger partial charge in [0.2, 0.25) is 15.8 Å². The van der Waals surface area contributed by atoms with Crippen molar-refractivity contribution < 1.29 is 22.5 Å². The second-order valence-electron chi connectivity index (χ2n) is 5.05. The molecule has 1 saturated heterocycles. The molecule has 3 N–H and O–H groups in total. The predicted octanol–water partition coefficient (Wildman–Crippen LogP) is 0.426. The molecule has 0 unspecified atom stereocenters. The van der Waals surface area contributed by atoms with E-state index in [1.807, 2.05) is 0 Å². The van der Waals surface area contributed by atoms with Crippen molar-refractivity contribution in [3.8, 4) is 5.75 Å². The Morgan fingerprint density at radius 1 is 1.41 bits per heavy atom. The number of para-hydroxylation sites is 1. The molecule has 0 saturated carbocycles. The van der Waals surface area contributed by atoms with Crippen LogP contribution >= 0.6 is 0 Å². The topological polar surface area (TPSA) is 125 Å². The van der Waals surface area contributed by atoms with Gasteiger partial charge in [0, 0.05) is 31.0 Å². The molecule has 10 heteroatoms. The van der Waals surface area contributed by atoms with Crippen molar-refractivity contribution in [3.63, 3.8) is 0 Å². The van der Waals surface area contributed by atoms with E-state index in [9.17, 15) is 22.9 Å². The van der Waals surface area contributed by atoms with Gasteiger partial charge in [-0.05, 0) is 6.07 Å². The molecule has 0 spiro atoms. The number of alkyl halides is 1. The highest BCUT2D eigenvalue weighted by molar-refractivity contribution is 7.89. The van der Waals surface area contributed by atoms with Crippen molar-refractivity contribution in [2.45, 2.75) is 4.90 Å². The van der Waals surface area contributed by atoms with Crippen LogP contribution in [0.4, 0.5) is 10.1 Å². The fourth-order valence-electron chi connectivity index (χ4n) is 2.37. The molecular formula is C12H16FN3O5S. The molecule has 1 aromatic rings. The van der Waals surface area contributed by atoms with Crippen molar-refractivity contribution in [3.05, 3.63) is 28.3 Å². The van der Waals surface area contributed by atoms with E-state index in [2.05, 4.69) is 5.32 Å². The SMILES string of the molecule is NS(=O)(=O)c1cccc([N+](=O)[O-])c1OC[C@@H]1CNC[C@H]1CF. The van der Waals surface area contributed by atoms with Crippen molar-refractivity contribution in [1.82, 2.24) is 5.32 Å². The van der Waals surface area contributed by atoms with Crippen LogP contribution in [-0.2, 0) is 10.0 Å². The third kappa shape index (κ3) is 3.51. The maximum absolute atomic E-state index is 12.8. The van der Waals surface area contributed by atoms with Crippen LogP contribution in [-0.4, -0.2) is 39.7 Å². The Labute approximate surface area is 126 Å². The van der Waals surface area contributed by atoms with Crippen molar-refractivity contribution >= 4 is 15.7 Å². The number of hydrogen-bond donors (Lipinski definition) is 2. The van der Waals surface area contributed by atoms with Crippen LogP contribution in [0.2, 0.25) is 0 Å². The molecule has 0 amide bonds. The number of nitrogens with two attached hydrogens (primary N) is 1. The molecule has 1 aliphatic rings. The van der Waals surface area contributed by atoms with Gasteiger partial charge in [-0.15, -0.1) is 0 Å². The lowest BCUT2D eigenvalue weighted by atomic mass is 9.98. The lowest BCUT2D eigenvalue weighted by molar-refractivity contribution is -0.386. The normalized spacial score (nSPS) is 21.7. The Morgan fingerprint density at radius 3 is 2.68 bits per heavy atom. The van der Waals surface area contributed by atoms with E-state index in [-0.39, 0.29) is 18.4 Å². The van der Waals surface area contributed by atoms with E-state index in [1.165, 1.54) is 6.07 Å². The lowest BCUT2D eigenvalue weighted by Crippen LogP contribution is -2.23. The number of halogens is 1. The van der Waals surface area contributed by atoms with Crippen LogP contribution in [0.15, 0.2) is 23.1 Å². The van der Waals surface area contributed by atoms with Gasteiger partial charge in [-0.2, -0.15) is 0 Å². The first-order chi connectivity index (χ1) is 10.3. The summed E-state index contributed by atoms with van der Waals surface area (Å²) in [6.07, 6.45) is 0. The highest BCUT2D eigenvalue weighted by Crippen LogP contribution is 2.34. The maximum Gasteiger partial charge on any atom is 0.312 e. The Kier molecular flexibility index (Phi) is 4.94. The van der Waals surface area contributed by atoms with Gasteiger partial charge in [0.15, 0.2) is 0 Å². The fourth-order valence-corrected chi connectivity index (χ4v) is 3.06. The van der Waals surface area contributed by atoms with E-state index < -0.39 is 38.0 Å². The second kappa shape index (κ2) is 6.55. The summed E-state index contributed by atoms with van der Waals surface area (Å²) in [7, 11) is -4.17. The molecule has 0 aliphatic carbocycles. The first-order valence-corrected chi connectivity index (χ1v) is 8.09. The summed E-state index contributed by atoms with van der Waals surface area (Å²) in [6, 6.07) is 3.48. The van der Waals surface area contributed by atoms with Crippen LogP contribution in [0.3, 0.4) is 0 Å². The third-order valence-electron chi connectivity index (χ3n) is 3.58. The Balaban J connectivity index is 2.30. The van der Waals surface area contributed by atoms with Gasteiger partial charge in [-0.1, -0.05) is 6.07 Å². The molecule has 0 radical (unpaired) electrons. The van der Waals surface area contributed by atoms with Crippen LogP contribution in [0, 0.1) is 22.0 Å². The average Bonchev–Trinajstić information content (AvgIpc) is 2.90. The van der Waals surface area contributed by atoms with Gasteiger partial charge < -0.3 is 10.1 Å². The van der Waals surface area contributed by atoms with Crippen LogP contribution < -0.4 is 15.2 Å². The molecule has 0 bridgehead atoms. The molecule has 1 aromatic carbocycles. The van der Waals surface area contributed by atoms with Crippen LogP contribution in [0.25, 0.3) is 0 Å². The van der Waals surface area contributed by atoms with Crippen LogP contribution in [0.1, 0.15) is 0 Å². The number of ether oxygens (including phenoxy) is 1. The highest BCUT2D eigenvalue weighted by Gasteiger charge is 2.30. The molecule has 1 aliphatic heterocycles. The number of primary sulfonamides is 1. The summed E-state index contributed by atoms with van der Waals surface area (Å²) in [6.45, 7) is 0.415. The lowest BCUT2D eigenvalue weighted by Gasteiger charge is -2.17.